The van der Waals surface area contributed by atoms with Crippen molar-refractivity contribution in [2.75, 3.05) is 84.6 Å². The van der Waals surface area contributed by atoms with Crippen LogP contribution in [-0.2, 0) is 88.1 Å². The minimum absolute atomic E-state index is 0. The van der Waals surface area contributed by atoms with Crippen molar-refractivity contribution in [3.8, 4) is 0 Å². The third kappa shape index (κ3) is 45.5. The van der Waals surface area contributed by atoms with Gasteiger partial charge in [0.1, 0.15) is 0 Å². The van der Waals surface area contributed by atoms with Gasteiger partial charge in [0.05, 0.1) is 0 Å². The molecule has 0 spiro atoms. The van der Waals surface area contributed by atoms with Gasteiger partial charge in [0, 0.05) is 44.4 Å². The molecule has 0 bridgehead atoms. The maximum absolute atomic E-state index is 4.20. The van der Waals surface area contributed by atoms with Crippen LogP contribution in [0.5, 0.6) is 0 Å². The minimum atomic E-state index is 0. The van der Waals surface area contributed by atoms with E-state index in [1.54, 1.807) is 84.6 Å². The fourth-order valence-corrected chi connectivity index (χ4v) is 4.11. The van der Waals surface area contributed by atoms with Gasteiger partial charge < -0.3 is 72.7 Å². The Kier molecular flexibility index (Phi) is 49.7. The minimum Gasteiger partial charge on any atom is -0.668 e. The van der Waals surface area contributed by atoms with Crippen LogP contribution in [0.2, 0.25) is 0 Å². The van der Waals surface area contributed by atoms with E-state index in [1.165, 1.54) is 0 Å². The third-order valence-electron chi connectivity index (χ3n) is 8.30. The van der Waals surface area contributed by atoms with Crippen LogP contribution in [0.15, 0.2) is 24.3 Å². The topological polar surface area (TPSA) is 193 Å². The Morgan fingerprint density at radius 2 is 0.333 bits per heavy atom. The van der Waals surface area contributed by atoms with Crippen LogP contribution in [0, 0.1) is 0 Å². The molecule has 4 heterocycles. The van der Waals surface area contributed by atoms with Crippen LogP contribution in [0.3, 0.4) is 0 Å². The summed E-state index contributed by atoms with van der Waals surface area (Å²) < 4.78 is 0. The van der Waals surface area contributed by atoms with E-state index < -0.39 is 0 Å². The molecule has 0 radical (unpaired) electrons. The Balaban J connectivity index is -0.000000113. The molecular weight excluding hydrogens is 1230 g/mol. The van der Waals surface area contributed by atoms with Gasteiger partial charge in [-0.3, -0.25) is 0 Å². The predicted octanol–water partition coefficient (Wildman–Crippen LogP) is 14.2. The molecule has 16 heteroatoms. The first-order chi connectivity index (χ1) is 31.3. The zero-order valence-electron chi connectivity index (χ0n) is 53.5. The Hall–Kier alpha value is -1.92. The summed E-state index contributed by atoms with van der Waals surface area (Å²) in [6, 6.07) is 8.44. The molecule has 0 atom stereocenters. The van der Waals surface area contributed by atoms with Gasteiger partial charge >= 0.3 is 44.8 Å². The summed E-state index contributed by atoms with van der Waals surface area (Å²) in [6.07, 6.45) is 0. The van der Waals surface area contributed by atoms with Crippen molar-refractivity contribution >= 4 is 0 Å². The average Bonchev–Trinajstić information content (AvgIpc) is 3.98. The fourth-order valence-electron chi connectivity index (χ4n) is 4.11. The molecule has 416 valence electrons. The predicted molar refractivity (Wildman–Crippen MR) is 311 cm³/mol. The first-order valence-corrected chi connectivity index (χ1v) is 24.3. The summed E-state index contributed by atoms with van der Waals surface area (Å²) in [5.41, 5.74) is 9.51. The average molecular weight is 1340 g/mol. The number of hydrogen-bond donors (Lipinski definition) is 0. The van der Waals surface area contributed by atoms with Gasteiger partial charge in [-0.05, 0) is 21.7 Å². The molecule has 0 aliphatic heterocycles. The number of hydrogen-bond acceptors (Lipinski definition) is 4. The maximum atomic E-state index is 4.20. The van der Waals surface area contributed by atoms with Crippen LogP contribution < -0.4 is 20.4 Å². The quantitative estimate of drug-likeness (QED) is 0.166. The second kappa shape index (κ2) is 41.3. The second-order valence-corrected chi connectivity index (χ2v) is 25.1. The van der Waals surface area contributed by atoms with E-state index >= 15 is 0 Å². The molecule has 4 aromatic heterocycles. The summed E-state index contributed by atoms with van der Waals surface area (Å²) in [6.45, 7) is 51.7. The number of nitrogens with zero attached hydrogens (tertiary/aromatic N) is 14. The fraction of sp³-hybridized carbons (Fsp3) is 0.786. The van der Waals surface area contributed by atoms with Gasteiger partial charge in [0.25, 0.3) is 0 Å². The van der Waals surface area contributed by atoms with Crippen LogP contribution in [0.25, 0.3) is 31.9 Å². The molecule has 0 saturated carbocycles. The van der Waals surface area contributed by atoms with Crippen molar-refractivity contribution in [1.29, 1.82) is 0 Å². The monoisotopic (exact) mass is 1340 g/mol. The van der Waals surface area contributed by atoms with E-state index in [9.17, 15) is 0 Å². The molecule has 4 aromatic rings. The van der Waals surface area contributed by atoms with Crippen molar-refractivity contribution in [3.05, 3.63) is 102 Å². The molecule has 0 aliphatic carbocycles. The Bertz CT molecular complexity index is 1390. The van der Waals surface area contributed by atoms with Gasteiger partial charge in [-0.2, -0.15) is 84.6 Å². The summed E-state index contributed by atoms with van der Waals surface area (Å²) in [4.78, 5) is 0. The largest absolute Gasteiger partial charge is 5.00 e. The SMILES string of the molecule is CC(C)(C)c1cc(C(C)(C)C)[n-]n1.CC(C)(C)c1cc(C(C)(C)C)[n-]n1.CC(C)(C)c1cc(C(C)(C)C)[n-]n1.CC(C)(C)c1cc(C(C)(C)C)[n-]n1.C[N-]C.C[N-]C.C[N-]C.C[N-]C.C[N-]C.C[N-]C.[Ta+5].[Ta+5]. The van der Waals surface area contributed by atoms with Gasteiger partial charge in [-0.15, -0.1) is 22.8 Å². The molecule has 72 heavy (non-hydrogen) atoms. The van der Waals surface area contributed by atoms with E-state index in [1.807, 2.05) is 0 Å². The summed E-state index contributed by atoms with van der Waals surface area (Å²) in [5, 5.41) is 54.6. The molecule has 14 nitrogen and oxygen atoms in total. The molecular formula is C56H112N14Ta2. The molecule has 0 fully saturated rings. The van der Waals surface area contributed by atoms with Crippen molar-refractivity contribution in [3.63, 3.8) is 0 Å². The maximum Gasteiger partial charge on any atom is 5.00 e. The Morgan fingerprint density at radius 3 is 0.375 bits per heavy atom. The standard InChI is InChI=1S/4C11H19N2.6C2H6N.2Ta/c4*1-10(2,3)8-7-9(13-12-8)11(4,5)6;6*1-3-2;;/h4*7H,1-6H3;6*1-2H3;;/q10*-1;2*+5. The number of rotatable bonds is 0. The first-order valence-electron chi connectivity index (χ1n) is 24.3. The van der Waals surface area contributed by atoms with Crippen LogP contribution in [-0.4, -0.2) is 105 Å². The number of aromatic nitrogens is 8. The first kappa shape index (κ1) is 86.8. The summed E-state index contributed by atoms with van der Waals surface area (Å²) in [7, 11) is 21.0. The van der Waals surface area contributed by atoms with Crippen molar-refractivity contribution in [2.24, 2.45) is 0 Å². The second-order valence-electron chi connectivity index (χ2n) is 25.1. The van der Waals surface area contributed by atoms with Crippen LogP contribution in [0.4, 0.5) is 0 Å². The van der Waals surface area contributed by atoms with Crippen molar-refractivity contribution in [1.82, 2.24) is 40.8 Å². The van der Waals surface area contributed by atoms with E-state index in [2.05, 4.69) is 263 Å². The molecule has 0 aliphatic rings. The van der Waals surface area contributed by atoms with Gasteiger partial charge in [-0.25, -0.2) is 0 Å². The zero-order valence-corrected chi connectivity index (χ0v) is 59.9. The molecule has 0 saturated heterocycles. The van der Waals surface area contributed by atoms with E-state index in [-0.39, 0.29) is 88.1 Å². The molecule has 0 unspecified atom stereocenters. The van der Waals surface area contributed by atoms with Gasteiger partial charge in [-0.1, -0.05) is 190 Å². The van der Waals surface area contributed by atoms with E-state index in [0.717, 1.165) is 45.6 Å². The van der Waals surface area contributed by atoms with Crippen molar-refractivity contribution in [2.45, 2.75) is 209 Å². The molecule has 0 aromatic carbocycles. The normalized spacial score (nSPS) is 11.2. The van der Waals surface area contributed by atoms with Gasteiger partial charge in [0.2, 0.25) is 0 Å². The van der Waals surface area contributed by atoms with Crippen LogP contribution in [0.1, 0.15) is 212 Å². The Morgan fingerprint density at radius 1 is 0.236 bits per heavy atom. The smallest absolute Gasteiger partial charge is 0.668 e. The van der Waals surface area contributed by atoms with Crippen molar-refractivity contribution < 1.29 is 44.8 Å². The molecule has 4 rings (SSSR count). The van der Waals surface area contributed by atoms with E-state index in [4.69, 9.17) is 0 Å². The van der Waals surface area contributed by atoms with Gasteiger partial charge in [0.15, 0.2) is 0 Å². The third-order valence-corrected chi connectivity index (χ3v) is 8.30. The zero-order chi connectivity index (χ0) is 57.3. The summed E-state index contributed by atoms with van der Waals surface area (Å²) >= 11 is 0. The Labute approximate surface area is 478 Å². The van der Waals surface area contributed by atoms with Crippen LogP contribution >= 0.6 is 0 Å². The molecule has 0 N–H and O–H groups in total. The van der Waals surface area contributed by atoms with E-state index in [0.29, 0.717) is 0 Å². The summed E-state index contributed by atoms with van der Waals surface area (Å²) in [5.74, 6) is 0. The molecule has 0 amide bonds.